The minimum absolute atomic E-state index is 0.146. The highest BCUT2D eigenvalue weighted by Gasteiger charge is 2.10. The highest BCUT2D eigenvalue weighted by molar-refractivity contribution is 6.04. The smallest absolute Gasteiger partial charge is 0.255 e. The Morgan fingerprint density at radius 2 is 1.74 bits per heavy atom. The lowest BCUT2D eigenvalue weighted by atomic mass is 10.1. The molecule has 0 bridgehead atoms. The molecule has 0 unspecified atom stereocenters. The number of aryl methyl sites for hydroxylation is 3. The van der Waals surface area contributed by atoms with Crippen LogP contribution in [0.4, 0.5) is 5.69 Å². The van der Waals surface area contributed by atoms with Crippen LogP contribution < -0.4 is 5.32 Å². The van der Waals surface area contributed by atoms with Gasteiger partial charge in [0.15, 0.2) is 0 Å². The van der Waals surface area contributed by atoms with Gasteiger partial charge in [0.25, 0.3) is 5.91 Å². The second-order valence-electron chi connectivity index (χ2n) is 5.48. The van der Waals surface area contributed by atoms with Gasteiger partial charge in [0.05, 0.1) is 0 Å². The van der Waals surface area contributed by atoms with Crippen molar-refractivity contribution in [1.82, 2.24) is 10.2 Å². The molecule has 1 amide bonds. The molecule has 0 saturated carbocycles. The fraction of sp³-hybridized carbons (Fsp3) is 0.167. The van der Waals surface area contributed by atoms with E-state index in [2.05, 4.69) is 15.5 Å². The summed E-state index contributed by atoms with van der Waals surface area (Å²) in [5.74, 6) is 0.813. The third-order valence-electron chi connectivity index (χ3n) is 3.56. The van der Waals surface area contributed by atoms with Gasteiger partial charge in [-0.05, 0) is 55.3 Å². The Hall–Kier alpha value is -2.95. The molecule has 0 saturated heterocycles. The van der Waals surface area contributed by atoms with Crippen LogP contribution in [0.3, 0.4) is 0 Å². The second-order valence-corrected chi connectivity index (χ2v) is 5.48. The Kier molecular flexibility index (Phi) is 3.93. The molecule has 0 aliphatic heterocycles. The summed E-state index contributed by atoms with van der Waals surface area (Å²) in [5, 5.41) is 10.7. The molecular formula is C18H17N3O2. The zero-order valence-corrected chi connectivity index (χ0v) is 13.3. The van der Waals surface area contributed by atoms with E-state index in [1.165, 1.54) is 0 Å². The predicted molar refractivity (Wildman–Crippen MR) is 88.3 cm³/mol. The van der Waals surface area contributed by atoms with E-state index in [0.717, 1.165) is 22.4 Å². The van der Waals surface area contributed by atoms with Crippen LogP contribution >= 0.6 is 0 Å². The average molecular weight is 307 g/mol. The summed E-state index contributed by atoms with van der Waals surface area (Å²) < 4.78 is 5.37. The molecule has 1 N–H and O–H groups in total. The van der Waals surface area contributed by atoms with Gasteiger partial charge >= 0.3 is 0 Å². The number of hydrogen-bond donors (Lipinski definition) is 1. The monoisotopic (exact) mass is 307 g/mol. The largest absolute Gasteiger partial charge is 0.421 e. The maximum atomic E-state index is 12.4. The lowest BCUT2D eigenvalue weighted by Crippen LogP contribution is -2.12. The summed E-state index contributed by atoms with van der Waals surface area (Å²) in [6, 6.07) is 13.1. The summed E-state index contributed by atoms with van der Waals surface area (Å²) in [4.78, 5) is 12.4. The van der Waals surface area contributed by atoms with Crippen molar-refractivity contribution in [2.75, 3.05) is 5.32 Å². The average Bonchev–Trinajstić information content (AvgIpc) is 2.97. The molecule has 0 atom stereocenters. The number of aromatic nitrogens is 2. The van der Waals surface area contributed by atoms with Crippen molar-refractivity contribution in [2.24, 2.45) is 0 Å². The van der Waals surface area contributed by atoms with E-state index < -0.39 is 0 Å². The minimum Gasteiger partial charge on any atom is -0.421 e. The lowest BCUT2D eigenvalue weighted by Gasteiger charge is -2.09. The molecule has 116 valence electrons. The van der Waals surface area contributed by atoms with Crippen molar-refractivity contribution >= 4 is 11.6 Å². The second kappa shape index (κ2) is 6.04. The third-order valence-corrected chi connectivity index (χ3v) is 3.56. The molecule has 0 aliphatic rings. The molecule has 23 heavy (non-hydrogen) atoms. The first kappa shape index (κ1) is 15.0. The van der Waals surface area contributed by atoms with Gasteiger partial charge in [-0.15, -0.1) is 10.2 Å². The van der Waals surface area contributed by atoms with Crippen molar-refractivity contribution in [3.8, 4) is 11.5 Å². The van der Waals surface area contributed by atoms with E-state index in [1.54, 1.807) is 31.2 Å². The predicted octanol–water partition coefficient (Wildman–Crippen LogP) is 3.91. The molecular weight excluding hydrogens is 290 g/mol. The van der Waals surface area contributed by atoms with E-state index in [9.17, 15) is 4.79 Å². The Morgan fingerprint density at radius 3 is 2.39 bits per heavy atom. The summed E-state index contributed by atoms with van der Waals surface area (Å²) in [5.41, 5.74) is 4.32. The molecule has 0 fully saturated rings. The van der Waals surface area contributed by atoms with Crippen LogP contribution in [0.2, 0.25) is 0 Å². The molecule has 1 heterocycles. The third kappa shape index (κ3) is 3.29. The van der Waals surface area contributed by atoms with Crippen molar-refractivity contribution in [3.05, 3.63) is 65.0 Å². The Balaban J connectivity index is 1.79. The zero-order chi connectivity index (χ0) is 16.4. The molecule has 5 heteroatoms. The Bertz CT molecular complexity index is 851. The van der Waals surface area contributed by atoms with Crippen LogP contribution in [-0.2, 0) is 0 Å². The number of hydrogen-bond acceptors (Lipinski definition) is 4. The molecule has 0 spiro atoms. The van der Waals surface area contributed by atoms with Crippen molar-refractivity contribution < 1.29 is 9.21 Å². The maximum Gasteiger partial charge on any atom is 0.255 e. The van der Waals surface area contributed by atoms with Gasteiger partial charge in [0.2, 0.25) is 11.8 Å². The summed E-state index contributed by atoms with van der Waals surface area (Å²) in [7, 11) is 0. The van der Waals surface area contributed by atoms with Crippen LogP contribution in [0.25, 0.3) is 11.5 Å². The quantitative estimate of drug-likeness (QED) is 0.796. The number of benzene rings is 2. The van der Waals surface area contributed by atoms with Crippen LogP contribution in [0, 0.1) is 20.8 Å². The standard InChI is InChI=1S/C18H17N3O2/c1-11-4-5-12(2)16(10-11)19-17(22)14-6-8-15(9-7-14)18-21-20-13(3)23-18/h4-10H,1-3H3,(H,19,22). The van der Waals surface area contributed by atoms with Gasteiger partial charge in [-0.3, -0.25) is 4.79 Å². The molecule has 0 aliphatic carbocycles. The van der Waals surface area contributed by atoms with Gasteiger partial charge in [0, 0.05) is 23.7 Å². The van der Waals surface area contributed by atoms with Crippen LogP contribution in [0.15, 0.2) is 46.9 Å². The molecule has 3 rings (SSSR count). The van der Waals surface area contributed by atoms with Crippen LogP contribution in [0.1, 0.15) is 27.4 Å². The van der Waals surface area contributed by atoms with Crippen LogP contribution in [-0.4, -0.2) is 16.1 Å². The lowest BCUT2D eigenvalue weighted by molar-refractivity contribution is 0.102. The van der Waals surface area contributed by atoms with E-state index in [-0.39, 0.29) is 5.91 Å². The molecule has 0 radical (unpaired) electrons. The first-order valence-electron chi connectivity index (χ1n) is 7.32. The van der Waals surface area contributed by atoms with Crippen molar-refractivity contribution in [1.29, 1.82) is 0 Å². The SMILES string of the molecule is Cc1ccc(C)c(NC(=O)c2ccc(-c3nnc(C)o3)cc2)c1. The van der Waals surface area contributed by atoms with Crippen molar-refractivity contribution in [2.45, 2.75) is 20.8 Å². The van der Waals surface area contributed by atoms with Gasteiger partial charge in [0.1, 0.15) is 0 Å². The van der Waals surface area contributed by atoms with E-state index in [4.69, 9.17) is 4.42 Å². The summed E-state index contributed by atoms with van der Waals surface area (Å²) in [6.45, 7) is 5.70. The summed E-state index contributed by atoms with van der Waals surface area (Å²) >= 11 is 0. The summed E-state index contributed by atoms with van der Waals surface area (Å²) in [6.07, 6.45) is 0. The molecule has 2 aromatic carbocycles. The first-order valence-corrected chi connectivity index (χ1v) is 7.32. The van der Waals surface area contributed by atoms with Gasteiger partial charge in [-0.1, -0.05) is 12.1 Å². The zero-order valence-electron chi connectivity index (χ0n) is 13.3. The highest BCUT2D eigenvalue weighted by atomic mass is 16.4. The fourth-order valence-electron chi connectivity index (χ4n) is 2.24. The number of carbonyl (C=O) groups is 1. The van der Waals surface area contributed by atoms with Gasteiger partial charge < -0.3 is 9.73 Å². The highest BCUT2D eigenvalue weighted by Crippen LogP contribution is 2.20. The number of rotatable bonds is 3. The Labute approximate surface area is 134 Å². The fourth-order valence-corrected chi connectivity index (χ4v) is 2.24. The normalized spacial score (nSPS) is 10.6. The number of anilines is 1. The first-order chi connectivity index (χ1) is 11.0. The molecule has 3 aromatic rings. The number of carbonyl (C=O) groups excluding carboxylic acids is 1. The number of nitrogens with one attached hydrogen (secondary N) is 1. The van der Waals surface area contributed by atoms with E-state index in [0.29, 0.717) is 17.3 Å². The number of amides is 1. The van der Waals surface area contributed by atoms with Gasteiger partial charge in [-0.25, -0.2) is 0 Å². The molecule has 1 aromatic heterocycles. The maximum absolute atomic E-state index is 12.4. The van der Waals surface area contributed by atoms with Gasteiger partial charge in [-0.2, -0.15) is 0 Å². The topological polar surface area (TPSA) is 68.0 Å². The van der Waals surface area contributed by atoms with E-state index >= 15 is 0 Å². The van der Waals surface area contributed by atoms with Crippen molar-refractivity contribution in [3.63, 3.8) is 0 Å². The number of nitrogens with zero attached hydrogens (tertiary/aromatic N) is 2. The Morgan fingerprint density at radius 1 is 1.00 bits per heavy atom. The van der Waals surface area contributed by atoms with E-state index in [1.807, 2.05) is 32.0 Å². The molecule has 5 nitrogen and oxygen atoms in total. The van der Waals surface area contributed by atoms with Crippen LogP contribution in [0.5, 0.6) is 0 Å². The minimum atomic E-state index is -0.146.